The van der Waals surface area contributed by atoms with E-state index in [1.165, 1.54) is 4.52 Å². The first kappa shape index (κ1) is 35.5. The Bertz CT molecular complexity index is 2790. The van der Waals surface area contributed by atoms with Crippen LogP contribution in [-0.4, -0.2) is 29.6 Å². The van der Waals surface area contributed by atoms with Crippen molar-refractivity contribution in [2.75, 3.05) is 5.73 Å². The molecule has 11 nitrogen and oxygen atoms in total. The summed E-state index contributed by atoms with van der Waals surface area (Å²) < 4.78 is 4.84. The van der Waals surface area contributed by atoms with Crippen molar-refractivity contribution in [3.8, 4) is 11.4 Å². The van der Waals surface area contributed by atoms with Crippen molar-refractivity contribution in [1.82, 2.24) is 29.0 Å². The van der Waals surface area contributed by atoms with E-state index in [-0.39, 0.29) is 28.5 Å². The molecule has 54 heavy (non-hydrogen) atoms. The molecule has 0 unspecified atom stereocenters. The first-order valence-corrected chi connectivity index (χ1v) is 17.6. The maximum absolute atomic E-state index is 13.6. The second kappa shape index (κ2) is 14.6. The number of amides is 1. The smallest absolute Gasteiger partial charge is 0.263 e. The van der Waals surface area contributed by atoms with Gasteiger partial charge in [-0.05, 0) is 92.1 Å². The number of nitrogen functional groups attached to an aromatic ring is 1. The number of para-hydroxylation sites is 2. The Morgan fingerprint density at radius 1 is 0.704 bits per heavy atom. The zero-order valence-corrected chi connectivity index (χ0v) is 30.4. The van der Waals surface area contributed by atoms with Crippen LogP contribution in [0.4, 0.5) is 5.82 Å². The fourth-order valence-electron chi connectivity index (χ4n) is 6.92. The molecule has 0 saturated carbocycles. The van der Waals surface area contributed by atoms with Crippen molar-refractivity contribution in [3.63, 3.8) is 0 Å². The molecule has 0 bridgehead atoms. The lowest BCUT2D eigenvalue weighted by atomic mass is 10.0. The third kappa shape index (κ3) is 6.52. The van der Waals surface area contributed by atoms with E-state index in [2.05, 4.69) is 15.4 Å². The van der Waals surface area contributed by atoms with Gasteiger partial charge in [0.05, 0.1) is 16.8 Å². The summed E-state index contributed by atoms with van der Waals surface area (Å²) in [6, 6.07) is 35.6. The van der Waals surface area contributed by atoms with E-state index in [1.54, 1.807) is 27.6 Å². The molecule has 270 valence electrons. The van der Waals surface area contributed by atoms with Gasteiger partial charge in [-0.2, -0.15) is 0 Å². The minimum atomic E-state index is -0.506. The molecule has 2 atom stereocenters. The van der Waals surface area contributed by atoms with Crippen molar-refractivity contribution >= 4 is 38.9 Å². The van der Waals surface area contributed by atoms with Crippen LogP contribution in [-0.2, 0) is 0 Å². The second-order valence-corrected chi connectivity index (χ2v) is 13.3. The standard InChI is InChI=1S/C25H22N6O2.C18H18N2O/c1-15-8-6-9-17-14-19(31(25(33)20(15)17)18-10-4-3-5-11-18)16(2)28-24(32)21-22(26)29-30-13-7-12-27-23(21)30;1-12-7-6-8-14-11-16(13(2)19)20(18(21)17(12)14)15-9-4-3-5-10-15/h3-14,16H,1-2H3,(H2,26,29)(H,28,32);3-11,13H,19H2,1-2H3/t16-;13-/m00/s1. The molecule has 8 rings (SSSR count). The number of rotatable bonds is 6. The summed E-state index contributed by atoms with van der Waals surface area (Å²) in [4.78, 5) is 44.0. The van der Waals surface area contributed by atoms with Gasteiger partial charge in [0, 0.05) is 41.2 Å². The van der Waals surface area contributed by atoms with Gasteiger partial charge in [-0.15, -0.1) is 5.10 Å². The molecule has 0 aliphatic carbocycles. The van der Waals surface area contributed by atoms with Crippen molar-refractivity contribution in [2.45, 2.75) is 39.8 Å². The number of nitrogens with zero attached hydrogens (tertiary/aromatic N) is 5. The Morgan fingerprint density at radius 3 is 1.76 bits per heavy atom. The van der Waals surface area contributed by atoms with Crippen LogP contribution in [0.3, 0.4) is 0 Å². The van der Waals surface area contributed by atoms with Crippen molar-refractivity contribution in [1.29, 1.82) is 0 Å². The molecule has 0 aliphatic heterocycles. The average Bonchev–Trinajstić information content (AvgIpc) is 3.51. The first-order chi connectivity index (χ1) is 26.0. The topological polar surface area (TPSA) is 155 Å². The van der Waals surface area contributed by atoms with Crippen molar-refractivity contribution in [2.24, 2.45) is 5.73 Å². The fraction of sp³-hybridized carbons (Fsp3) is 0.140. The number of carbonyl (C=O) groups is 1. The number of aromatic nitrogens is 5. The van der Waals surface area contributed by atoms with Gasteiger partial charge in [0.2, 0.25) is 0 Å². The Kier molecular flexibility index (Phi) is 9.64. The highest BCUT2D eigenvalue weighted by molar-refractivity contribution is 6.04. The molecule has 0 radical (unpaired) electrons. The number of nitrogens with one attached hydrogen (secondary N) is 1. The van der Waals surface area contributed by atoms with E-state index in [0.717, 1.165) is 44.4 Å². The molecule has 4 heterocycles. The molecule has 11 heteroatoms. The predicted molar refractivity (Wildman–Crippen MR) is 214 cm³/mol. The number of fused-ring (bicyclic) bond motifs is 3. The number of nitrogens with two attached hydrogens (primary N) is 2. The van der Waals surface area contributed by atoms with Gasteiger partial charge < -0.3 is 16.8 Å². The number of carbonyl (C=O) groups excluding carboxylic acids is 1. The second-order valence-electron chi connectivity index (χ2n) is 13.3. The molecule has 8 aromatic rings. The third-order valence-electron chi connectivity index (χ3n) is 9.50. The van der Waals surface area contributed by atoms with E-state index in [1.807, 2.05) is 137 Å². The van der Waals surface area contributed by atoms with Crippen LogP contribution in [0.2, 0.25) is 0 Å². The Labute approximate surface area is 311 Å². The summed E-state index contributed by atoms with van der Waals surface area (Å²) in [5, 5.41) is 10.3. The normalized spacial score (nSPS) is 12.3. The van der Waals surface area contributed by atoms with E-state index in [0.29, 0.717) is 16.7 Å². The molecule has 0 aliphatic rings. The van der Waals surface area contributed by atoms with E-state index in [9.17, 15) is 14.4 Å². The van der Waals surface area contributed by atoms with Crippen molar-refractivity contribution < 1.29 is 4.79 Å². The third-order valence-corrected chi connectivity index (χ3v) is 9.50. The van der Waals surface area contributed by atoms with Gasteiger partial charge in [-0.1, -0.05) is 72.8 Å². The molecule has 1 amide bonds. The Morgan fingerprint density at radius 2 is 1.22 bits per heavy atom. The lowest BCUT2D eigenvalue weighted by Gasteiger charge is -2.21. The van der Waals surface area contributed by atoms with Crippen LogP contribution >= 0.6 is 0 Å². The summed E-state index contributed by atoms with van der Waals surface area (Å²) in [6.07, 6.45) is 3.26. The number of pyridine rings is 2. The van der Waals surface area contributed by atoms with E-state index < -0.39 is 11.9 Å². The number of hydrogen-bond acceptors (Lipinski definition) is 7. The quantitative estimate of drug-likeness (QED) is 0.172. The minimum absolute atomic E-state index is 0.0101. The highest BCUT2D eigenvalue weighted by atomic mass is 16.2. The summed E-state index contributed by atoms with van der Waals surface area (Å²) in [6.45, 7) is 7.62. The fourth-order valence-corrected chi connectivity index (χ4v) is 6.92. The molecule has 5 N–H and O–H groups in total. The van der Waals surface area contributed by atoms with Crippen LogP contribution in [0.5, 0.6) is 0 Å². The van der Waals surface area contributed by atoms with Gasteiger partial charge in [0.15, 0.2) is 11.5 Å². The number of aryl methyl sites for hydroxylation is 2. The molecular formula is C43H40N8O3. The molecule has 4 aromatic carbocycles. The Balaban J connectivity index is 0.000000184. The van der Waals surface area contributed by atoms with Gasteiger partial charge >= 0.3 is 0 Å². The molecule has 0 fully saturated rings. The maximum atomic E-state index is 13.6. The van der Waals surface area contributed by atoms with E-state index in [4.69, 9.17) is 11.5 Å². The highest BCUT2D eigenvalue weighted by Crippen LogP contribution is 2.25. The number of benzene rings is 4. The maximum Gasteiger partial charge on any atom is 0.263 e. The van der Waals surface area contributed by atoms with Gasteiger partial charge in [-0.3, -0.25) is 23.5 Å². The van der Waals surface area contributed by atoms with E-state index >= 15 is 0 Å². The number of hydrogen-bond donors (Lipinski definition) is 3. The zero-order chi connectivity index (χ0) is 38.1. The summed E-state index contributed by atoms with van der Waals surface area (Å²) >= 11 is 0. The monoisotopic (exact) mass is 716 g/mol. The van der Waals surface area contributed by atoms with Crippen LogP contribution in [0.25, 0.3) is 38.6 Å². The van der Waals surface area contributed by atoms with Crippen LogP contribution < -0.4 is 27.9 Å². The predicted octanol–water partition coefficient (Wildman–Crippen LogP) is 6.73. The van der Waals surface area contributed by atoms with Gasteiger partial charge in [0.25, 0.3) is 17.0 Å². The number of anilines is 1. The van der Waals surface area contributed by atoms with Gasteiger partial charge in [0.1, 0.15) is 5.56 Å². The molecule has 0 saturated heterocycles. The lowest BCUT2D eigenvalue weighted by Crippen LogP contribution is -2.32. The SMILES string of the molecule is Cc1cccc2cc([C@H](C)N)n(-c3ccccc3)c(=O)c12.Cc1cccc2cc([C@H](C)NC(=O)c3c(N)nn4cccnc34)n(-c3ccccc3)c(=O)c12. The summed E-state index contributed by atoms with van der Waals surface area (Å²) in [7, 11) is 0. The zero-order valence-electron chi connectivity index (χ0n) is 30.4. The molecule has 0 spiro atoms. The highest BCUT2D eigenvalue weighted by Gasteiger charge is 2.24. The van der Waals surface area contributed by atoms with Crippen LogP contribution in [0, 0.1) is 13.8 Å². The largest absolute Gasteiger partial charge is 0.381 e. The molecule has 4 aromatic heterocycles. The summed E-state index contributed by atoms with van der Waals surface area (Å²) in [5.74, 6) is -0.321. The first-order valence-electron chi connectivity index (χ1n) is 17.6. The minimum Gasteiger partial charge on any atom is -0.381 e. The van der Waals surface area contributed by atoms with Crippen LogP contribution in [0.1, 0.15) is 58.8 Å². The van der Waals surface area contributed by atoms with Crippen LogP contribution in [0.15, 0.2) is 137 Å². The summed E-state index contributed by atoms with van der Waals surface area (Å²) in [5.41, 5.74) is 17.5. The Hall–Kier alpha value is -6.85. The lowest BCUT2D eigenvalue weighted by molar-refractivity contribution is 0.0941. The average molecular weight is 717 g/mol. The molecular weight excluding hydrogens is 677 g/mol. The van der Waals surface area contributed by atoms with Crippen molar-refractivity contribution in [3.05, 3.63) is 176 Å². The van der Waals surface area contributed by atoms with Gasteiger partial charge in [-0.25, -0.2) is 9.50 Å².